The first-order valence-electron chi connectivity index (χ1n) is 13.2. The number of carboxylic acid groups (broad SMARTS) is 1. The number of carbonyl (C=O) groups is 2. The molecule has 0 spiro atoms. The minimum Gasteiger partial charge on any atom is -0.548 e. The van der Waals surface area contributed by atoms with Crippen molar-refractivity contribution in [3.8, 4) is 5.75 Å². The third kappa shape index (κ3) is 10.9. The summed E-state index contributed by atoms with van der Waals surface area (Å²) in [7, 11) is 2.94. The van der Waals surface area contributed by atoms with Gasteiger partial charge < -0.3 is 29.6 Å². The number of nitrogens with two attached hydrogens (primary N) is 1. The van der Waals surface area contributed by atoms with Gasteiger partial charge in [0.2, 0.25) is 0 Å². The maximum atomic E-state index is 12.0. The number of hydrogen-bond acceptors (Lipinski definition) is 5. The normalized spacial score (nSPS) is 18.1. The number of ether oxygens (including phenoxy) is 2. The molecule has 0 saturated heterocycles. The highest BCUT2D eigenvalue weighted by molar-refractivity contribution is 5.79. The molecule has 0 heterocycles. The Morgan fingerprint density at radius 2 is 1.46 bits per heavy atom. The lowest BCUT2D eigenvalue weighted by molar-refractivity contribution is -0.725. The molecule has 0 aliphatic heterocycles. The molecule has 2 saturated carbocycles. The van der Waals surface area contributed by atoms with E-state index in [0.29, 0.717) is 5.75 Å². The van der Waals surface area contributed by atoms with Crippen molar-refractivity contribution < 1.29 is 29.5 Å². The number of benzene rings is 1. The summed E-state index contributed by atoms with van der Waals surface area (Å²) in [6, 6.07) is 7.84. The van der Waals surface area contributed by atoms with Crippen LogP contribution in [-0.4, -0.2) is 54.8 Å². The molecule has 2 fully saturated rings. The zero-order valence-electron chi connectivity index (χ0n) is 22.4. The highest BCUT2D eigenvalue weighted by Crippen LogP contribution is 2.19. The molecule has 0 bridgehead atoms. The van der Waals surface area contributed by atoms with Gasteiger partial charge in [-0.1, -0.05) is 25.0 Å². The van der Waals surface area contributed by atoms with Gasteiger partial charge in [0.15, 0.2) is 0 Å². The lowest BCUT2D eigenvalue weighted by Crippen LogP contribution is -2.95. The summed E-state index contributed by atoms with van der Waals surface area (Å²) >= 11 is 0. The molecule has 7 nitrogen and oxygen atoms in total. The summed E-state index contributed by atoms with van der Waals surface area (Å²) in [5.41, 5.74) is 0.0625. The van der Waals surface area contributed by atoms with E-state index < -0.39 is 23.7 Å². The predicted octanol–water partition coefficient (Wildman–Crippen LogP) is 3.44. The number of quaternary nitrogens is 1. The maximum absolute atomic E-state index is 12.0. The fourth-order valence-corrected chi connectivity index (χ4v) is 4.86. The van der Waals surface area contributed by atoms with Gasteiger partial charge in [-0.15, -0.1) is 0 Å². The molecule has 0 radical (unpaired) electrons. The average Bonchev–Trinajstić information content (AvgIpc) is 2.83. The Kier molecular flexibility index (Phi) is 11.8. The predicted molar refractivity (Wildman–Crippen MR) is 135 cm³/mol. The number of rotatable bonds is 7. The van der Waals surface area contributed by atoms with Crippen LogP contribution in [-0.2, 0) is 16.0 Å². The van der Waals surface area contributed by atoms with Gasteiger partial charge in [0, 0.05) is 7.05 Å². The van der Waals surface area contributed by atoms with Gasteiger partial charge in [0.1, 0.15) is 11.4 Å². The van der Waals surface area contributed by atoms with Gasteiger partial charge >= 0.3 is 6.09 Å². The standard InChI is InChI=1S/C16H23NO5.C12H23N/c1-16(2,3)22-15(20)17(4)13(14(18)19)10-11-6-8-12(21-5)9-7-11;1-3-7-11(8-4-1)13-12-9-5-2-6-10-12/h6-9,13H,10H2,1-5H3,(H,18,19);11-13H,1-10H2. The molecule has 3 rings (SSSR count). The van der Waals surface area contributed by atoms with Gasteiger partial charge in [-0.25, -0.2) is 4.79 Å². The van der Waals surface area contributed by atoms with Gasteiger partial charge in [0.05, 0.1) is 31.2 Å². The Bertz CT molecular complexity index is 747. The number of carbonyl (C=O) groups excluding carboxylic acids is 2. The van der Waals surface area contributed by atoms with E-state index >= 15 is 0 Å². The second-order valence-electron chi connectivity index (χ2n) is 11.0. The van der Waals surface area contributed by atoms with Crippen LogP contribution < -0.4 is 15.2 Å². The van der Waals surface area contributed by atoms with Crippen molar-refractivity contribution in [3.05, 3.63) is 29.8 Å². The number of nitrogens with zero attached hydrogens (tertiary/aromatic N) is 1. The van der Waals surface area contributed by atoms with E-state index in [1.165, 1.54) is 71.3 Å². The maximum Gasteiger partial charge on any atom is 0.410 e. The fraction of sp³-hybridized carbons (Fsp3) is 0.714. The minimum atomic E-state index is -1.33. The van der Waals surface area contributed by atoms with E-state index in [2.05, 4.69) is 5.32 Å². The third-order valence-electron chi connectivity index (χ3n) is 6.85. The van der Waals surface area contributed by atoms with Gasteiger partial charge in [-0.3, -0.25) is 0 Å². The van der Waals surface area contributed by atoms with E-state index in [1.807, 2.05) is 0 Å². The molecular weight excluding hydrogens is 444 g/mol. The van der Waals surface area contributed by atoms with Gasteiger partial charge in [0.25, 0.3) is 0 Å². The van der Waals surface area contributed by atoms with Crippen LogP contribution in [0.15, 0.2) is 24.3 Å². The number of methoxy groups -OCH3 is 1. The summed E-state index contributed by atoms with van der Waals surface area (Å²) in [6.07, 6.45) is 14.4. The monoisotopic (exact) mass is 490 g/mol. The molecule has 198 valence electrons. The molecule has 2 aliphatic rings. The Morgan fingerprint density at radius 3 is 1.86 bits per heavy atom. The lowest BCUT2D eigenvalue weighted by atomic mass is 9.91. The van der Waals surface area contributed by atoms with Crippen molar-refractivity contribution in [3.63, 3.8) is 0 Å². The summed E-state index contributed by atoms with van der Waals surface area (Å²) in [6.45, 7) is 5.16. The van der Waals surface area contributed by atoms with E-state index in [9.17, 15) is 14.7 Å². The summed E-state index contributed by atoms with van der Waals surface area (Å²) in [5, 5.41) is 14.1. The Morgan fingerprint density at radius 1 is 0.971 bits per heavy atom. The lowest BCUT2D eigenvalue weighted by Gasteiger charge is -2.31. The van der Waals surface area contributed by atoms with Crippen molar-refractivity contribution in [1.82, 2.24) is 4.90 Å². The van der Waals surface area contributed by atoms with E-state index in [1.54, 1.807) is 52.1 Å². The number of carboxylic acids is 1. The summed E-state index contributed by atoms with van der Waals surface area (Å²) in [4.78, 5) is 24.4. The van der Waals surface area contributed by atoms with Crippen molar-refractivity contribution in [2.75, 3.05) is 14.2 Å². The molecule has 1 amide bonds. The van der Waals surface area contributed by atoms with Crippen molar-refractivity contribution >= 4 is 12.1 Å². The average molecular weight is 491 g/mol. The summed E-state index contributed by atoms with van der Waals surface area (Å²) in [5.74, 6) is -0.654. The second-order valence-corrected chi connectivity index (χ2v) is 11.0. The molecular formula is C28H46N2O5. The smallest absolute Gasteiger partial charge is 0.410 e. The Balaban J connectivity index is 0.000000279. The molecule has 1 unspecified atom stereocenters. The van der Waals surface area contributed by atoms with Crippen molar-refractivity contribution in [2.45, 2.75) is 115 Å². The van der Waals surface area contributed by atoms with E-state index in [-0.39, 0.29) is 6.42 Å². The van der Waals surface area contributed by atoms with Crippen LogP contribution in [0.25, 0.3) is 0 Å². The van der Waals surface area contributed by atoms with Crippen LogP contribution >= 0.6 is 0 Å². The first-order chi connectivity index (χ1) is 16.6. The highest BCUT2D eigenvalue weighted by atomic mass is 16.6. The van der Waals surface area contributed by atoms with Crippen LogP contribution in [0.4, 0.5) is 4.79 Å². The minimum absolute atomic E-state index is 0.127. The number of amides is 1. The first kappa shape index (κ1) is 29.0. The van der Waals surface area contributed by atoms with Crippen molar-refractivity contribution in [1.29, 1.82) is 0 Å². The Hall–Kier alpha value is -2.28. The molecule has 2 N–H and O–H groups in total. The van der Waals surface area contributed by atoms with Gasteiger partial charge in [-0.2, -0.15) is 0 Å². The molecule has 1 aromatic carbocycles. The number of aliphatic carboxylic acids is 1. The quantitative estimate of drug-likeness (QED) is 0.632. The SMILES string of the molecule is C1CCC([NH2+]C2CCCCC2)CC1.COc1ccc(CC(C(=O)[O-])N(C)C(=O)OC(C)(C)C)cc1. The first-order valence-corrected chi connectivity index (χ1v) is 13.2. The largest absolute Gasteiger partial charge is 0.548 e. The van der Waals surface area contributed by atoms with E-state index in [0.717, 1.165) is 22.5 Å². The molecule has 2 aliphatic carbocycles. The molecule has 7 heteroatoms. The molecule has 0 aromatic heterocycles. The third-order valence-corrected chi connectivity index (χ3v) is 6.85. The van der Waals surface area contributed by atoms with Crippen molar-refractivity contribution in [2.24, 2.45) is 0 Å². The Labute approximate surface area is 211 Å². The van der Waals surface area contributed by atoms with Crippen LogP contribution in [0.2, 0.25) is 0 Å². The molecule has 35 heavy (non-hydrogen) atoms. The number of hydrogen-bond donors (Lipinski definition) is 1. The molecule has 1 aromatic rings. The zero-order chi connectivity index (χ0) is 25.8. The van der Waals surface area contributed by atoms with E-state index in [4.69, 9.17) is 9.47 Å². The van der Waals surface area contributed by atoms with Crippen LogP contribution in [0.1, 0.15) is 90.5 Å². The second kappa shape index (κ2) is 14.3. The fourth-order valence-electron chi connectivity index (χ4n) is 4.86. The number of likely N-dealkylation sites (N-methyl/N-ethyl adjacent to an activating group) is 1. The summed E-state index contributed by atoms with van der Waals surface area (Å²) < 4.78 is 10.2. The highest BCUT2D eigenvalue weighted by Gasteiger charge is 2.26. The topological polar surface area (TPSA) is 95.5 Å². The molecule has 1 atom stereocenters. The van der Waals surface area contributed by atoms with Crippen LogP contribution in [0.3, 0.4) is 0 Å². The zero-order valence-corrected chi connectivity index (χ0v) is 22.4. The van der Waals surface area contributed by atoms with Crippen LogP contribution in [0.5, 0.6) is 5.75 Å². The van der Waals surface area contributed by atoms with Gasteiger partial charge in [-0.05, 0) is 96.3 Å². The van der Waals surface area contributed by atoms with Crippen LogP contribution in [0, 0.1) is 0 Å².